The molecule has 1 heterocycles. The van der Waals surface area contributed by atoms with Gasteiger partial charge in [-0.25, -0.2) is 0 Å². The molecule has 0 saturated carbocycles. The van der Waals surface area contributed by atoms with Crippen LogP contribution in [0.2, 0.25) is 0 Å². The standard InChI is InChI=1S/C6H12N2O2/c1-4-3-5(6(9)10)8(2)7-4/h5-6,9-10H,3H2,1-2H3. The van der Waals surface area contributed by atoms with Crippen LogP contribution in [0.5, 0.6) is 0 Å². The molecule has 1 atom stereocenters. The number of aliphatic hydroxyl groups is 2. The zero-order valence-corrected chi connectivity index (χ0v) is 6.15. The molecule has 10 heavy (non-hydrogen) atoms. The number of hydrogen-bond acceptors (Lipinski definition) is 4. The minimum atomic E-state index is -1.29. The summed E-state index contributed by atoms with van der Waals surface area (Å²) >= 11 is 0. The quantitative estimate of drug-likeness (QED) is 0.482. The highest BCUT2D eigenvalue weighted by molar-refractivity contribution is 5.83. The number of rotatable bonds is 1. The lowest BCUT2D eigenvalue weighted by Gasteiger charge is -2.19. The first-order valence-electron chi connectivity index (χ1n) is 3.24. The first-order valence-corrected chi connectivity index (χ1v) is 3.24. The average Bonchev–Trinajstić information content (AvgIpc) is 2.10. The fourth-order valence-electron chi connectivity index (χ4n) is 1.12. The molecule has 0 spiro atoms. The second kappa shape index (κ2) is 2.56. The third-order valence-electron chi connectivity index (χ3n) is 1.66. The smallest absolute Gasteiger partial charge is 0.174 e. The second-order valence-corrected chi connectivity index (χ2v) is 2.59. The third kappa shape index (κ3) is 1.27. The van der Waals surface area contributed by atoms with Crippen LogP contribution >= 0.6 is 0 Å². The van der Waals surface area contributed by atoms with E-state index in [9.17, 15) is 0 Å². The van der Waals surface area contributed by atoms with E-state index < -0.39 is 6.29 Å². The molecule has 0 aromatic heterocycles. The van der Waals surface area contributed by atoms with Crippen LogP contribution in [-0.4, -0.2) is 40.3 Å². The molecule has 4 nitrogen and oxygen atoms in total. The molecule has 0 saturated heterocycles. The summed E-state index contributed by atoms with van der Waals surface area (Å²) in [6, 6.07) is -0.250. The molecule has 4 heteroatoms. The summed E-state index contributed by atoms with van der Waals surface area (Å²) in [4.78, 5) is 0. The van der Waals surface area contributed by atoms with Crippen LogP contribution in [0.4, 0.5) is 0 Å². The van der Waals surface area contributed by atoms with Crippen LogP contribution in [0.15, 0.2) is 5.10 Å². The SMILES string of the molecule is CC1=NN(C)C(C(O)O)C1. The lowest BCUT2D eigenvalue weighted by Crippen LogP contribution is -2.35. The van der Waals surface area contributed by atoms with Crippen molar-refractivity contribution in [2.75, 3.05) is 7.05 Å². The highest BCUT2D eigenvalue weighted by Crippen LogP contribution is 2.14. The van der Waals surface area contributed by atoms with Gasteiger partial charge in [0.15, 0.2) is 6.29 Å². The average molecular weight is 144 g/mol. The van der Waals surface area contributed by atoms with Gasteiger partial charge in [-0.1, -0.05) is 0 Å². The molecule has 1 aliphatic heterocycles. The van der Waals surface area contributed by atoms with Gasteiger partial charge in [-0.3, -0.25) is 5.01 Å². The topological polar surface area (TPSA) is 56.1 Å². The largest absolute Gasteiger partial charge is 0.366 e. The van der Waals surface area contributed by atoms with Crippen molar-refractivity contribution in [2.24, 2.45) is 5.10 Å². The van der Waals surface area contributed by atoms with Gasteiger partial charge < -0.3 is 10.2 Å². The molecule has 0 aliphatic carbocycles. The van der Waals surface area contributed by atoms with Crippen LogP contribution in [0.3, 0.4) is 0 Å². The predicted octanol–water partition coefficient (Wildman–Crippen LogP) is -0.623. The van der Waals surface area contributed by atoms with Crippen molar-refractivity contribution in [1.29, 1.82) is 0 Å². The maximum atomic E-state index is 8.78. The highest BCUT2D eigenvalue weighted by atomic mass is 16.5. The Morgan fingerprint density at radius 3 is 2.50 bits per heavy atom. The van der Waals surface area contributed by atoms with E-state index >= 15 is 0 Å². The van der Waals surface area contributed by atoms with E-state index in [0.717, 1.165) is 5.71 Å². The Balaban J connectivity index is 2.55. The van der Waals surface area contributed by atoms with E-state index in [1.165, 1.54) is 0 Å². The zero-order chi connectivity index (χ0) is 7.72. The van der Waals surface area contributed by atoms with Gasteiger partial charge in [0.2, 0.25) is 0 Å². The van der Waals surface area contributed by atoms with Crippen LogP contribution in [0.25, 0.3) is 0 Å². The van der Waals surface area contributed by atoms with Gasteiger partial charge in [-0.2, -0.15) is 5.10 Å². The fraction of sp³-hybridized carbons (Fsp3) is 0.833. The third-order valence-corrected chi connectivity index (χ3v) is 1.66. The highest BCUT2D eigenvalue weighted by Gasteiger charge is 2.26. The summed E-state index contributed by atoms with van der Waals surface area (Å²) in [5.41, 5.74) is 0.945. The molecule has 0 bridgehead atoms. The van der Waals surface area contributed by atoms with Crippen molar-refractivity contribution >= 4 is 5.71 Å². The van der Waals surface area contributed by atoms with Gasteiger partial charge >= 0.3 is 0 Å². The number of hydrogen-bond donors (Lipinski definition) is 2. The van der Waals surface area contributed by atoms with Crippen LogP contribution in [-0.2, 0) is 0 Å². The lowest BCUT2D eigenvalue weighted by atomic mass is 10.1. The zero-order valence-electron chi connectivity index (χ0n) is 6.15. The number of aliphatic hydroxyl groups excluding tert-OH is 1. The van der Waals surface area contributed by atoms with Crippen molar-refractivity contribution in [1.82, 2.24) is 5.01 Å². The Morgan fingerprint density at radius 2 is 2.30 bits per heavy atom. The Labute approximate surface area is 59.8 Å². The molecule has 1 unspecified atom stereocenters. The van der Waals surface area contributed by atoms with Gasteiger partial charge in [0.1, 0.15) is 6.04 Å². The minimum Gasteiger partial charge on any atom is -0.366 e. The van der Waals surface area contributed by atoms with Crippen molar-refractivity contribution < 1.29 is 10.2 Å². The summed E-state index contributed by atoms with van der Waals surface area (Å²) in [6.45, 7) is 1.87. The van der Waals surface area contributed by atoms with E-state index in [1.54, 1.807) is 12.1 Å². The van der Waals surface area contributed by atoms with Crippen molar-refractivity contribution in [3.05, 3.63) is 0 Å². The summed E-state index contributed by atoms with van der Waals surface area (Å²) in [7, 11) is 1.74. The summed E-state index contributed by atoms with van der Waals surface area (Å²) in [5, 5.41) is 23.2. The Hall–Kier alpha value is -0.610. The number of hydrazone groups is 1. The van der Waals surface area contributed by atoms with E-state index in [-0.39, 0.29) is 6.04 Å². The lowest BCUT2D eigenvalue weighted by molar-refractivity contribution is -0.0887. The maximum absolute atomic E-state index is 8.78. The predicted molar refractivity (Wildman–Crippen MR) is 37.5 cm³/mol. The van der Waals surface area contributed by atoms with Crippen LogP contribution in [0.1, 0.15) is 13.3 Å². The van der Waals surface area contributed by atoms with Crippen LogP contribution in [0, 0.1) is 0 Å². The van der Waals surface area contributed by atoms with E-state index in [4.69, 9.17) is 10.2 Å². The molecule has 0 radical (unpaired) electrons. The molecule has 0 aromatic rings. The molecule has 0 fully saturated rings. The first-order chi connectivity index (χ1) is 4.61. The molecule has 2 N–H and O–H groups in total. The Morgan fingerprint density at radius 1 is 1.70 bits per heavy atom. The number of likely N-dealkylation sites (N-methyl/N-ethyl adjacent to an activating group) is 1. The summed E-state index contributed by atoms with van der Waals surface area (Å²) in [6.07, 6.45) is -0.639. The van der Waals surface area contributed by atoms with E-state index in [0.29, 0.717) is 6.42 Å². The van der Waals surface area contributed by atoms with Gasteiger partial charge in [0.05, 0.1) is 0 Å². The van der Waals surface area contributed by atoms with Crippen molar-refractivity contribution in [3.63, 3.8) is 0 Å². The van der Waals surface area contributed by atoms with Gasteiger partial charge in [0.25, 0.3) is 0 Å². The maximum Gasteiger partial charge on any atom is 0.174 e. The van der Waals surface area contributed by atoms with Gasteiger partial charge in [0, 0.05) is 19.2 Å². The molecule has 1 rings (SSSR count). The van der Waals surface area contributed by atoms with E-state index in [2.05, 4.69) is 5.10 Å². The normalized spacial score (nSPS) is 25.9. The fourth-order valence-corrected chi connectivity index (χ4v) is 1.12. The molecule has 1 aliphatic rings. The Bertz CT molecular complexity index is 156. The monoisotopic (exact) mass is 144 g/mol. The van der Waals surface area contributed by atoms with Gasteiger partial charge in [-0.05, 0) is 6.92 Å². The Kier molecular flexibility index (Phi) is 1.92. The molecular formula is C6H12N2O2. The molecular weight excluding hydrogens is 132 g/mol. The minimum absolute atomic E-state index is 0.250. The van der Waals surface area contributed by atoms with Crippen LogP contribution < -0.4 is 0 Å². The molecule has 58 valence electrons. The van der Waals surface area contributed by atoms with Gasteiger partial charge in [-0.15, -0.1) is 0 Å². The summed E-state index contributed by atoms with van der Waals surface area (Å²) < 4.78 is 0. The molecule has 0 amide bonds. The second-order valence-electron chi connectivity index (χ2n) is 2.59. The van der Waals surface area contributed by atoms with E-state index in [1.807, 2.05) is 6.92 Å². The van der Waals surface area contributed by atoms with Crippen molar-refractivity contribution in [3.8, 4) is 0 Å². The molecule has 0 aromatic carbocycles. The first kappa shape index (κ1) is 7.50. The number of nitrogens with zero attached hydrogens (tertiary/aromatic N) is 2. The summed E-state index contributed by atoms with van der Waals surface area (Å²) in [5.74, 6) is 0. The van der Waals surface area contributed by atoms with Crippen molar-refractivity contribution in [2.45, 2.75) is 25.7 Å².